The second-order valence-electron chi connectivity index (χ2n) is 6.83. The second-order valence-corrected chi connectivity index (χ2v) is 8.84. The number of hydrogen-bond donors (Lipinski definition) is 0. The van der Waals surface area contributed by atoms with Crippen molar-refractivity contribution < 1.29 is 14.4 Å². The summed E-state index contributed by atoms with van der Waals surface area (Å²) in [5.41, 5.74) is 1.41. The van der Waals surface area contributed by atoms with Crippen molar-refractivity contribution >= 4 is 35.0 Å². The third kappa shape index (κ3) is 6.19. The lowest BCUT2D eigenvalue weighted by molar-refractivity contribution is -0.479. The quantitative estimate of drug-likeness (QED) is 0.136. The molecule has 33 heavy (non-hydrogen) atoms. The van der Waals surface area contributed by atoms with Crippen LogP contribution in [0.2, 0.25) is 10.0 Å². The number of nitro groups is 1. The van der Waals surface area contributed by atoms with E-state index in [1.54, 1.807) is 30.3 Å². The highest BCUT2D eigenvalue weighted by Crippen LogP contribution is 2.43. The van der Waals surface area contributed by atoms with E-state index in [0.29, 0.717) is 44.7 Å². The molecule has 0 spiro atoms. The highest BCUT2D eigenvalue weighted by atomic mass is 35.5. The molecule has 0 unspecified atom stereocenters. The van der Waals surface area contributed by atoms with Gasteiger partial charge in [0.2, 0.25) is 6.54 Å². The molecule has 1 aromatic heterocycles. The number of aryl methyl sites for hydroxylation is 1. The first kappa shape index (κ1) is 24.9. The molecule has 0 saturated heterocycles. The minimum absolute atomic E-state index is 0.246. The van der Waals surface area contributed by atoms with Crippen LogP contribution in [0.1, 0.15) is 23.6 Å². The summed E-state index contributed by atoms with van der Waals surface area (Å²) in [6.07, 6.45) is 1.59. The van der Waals surface area contributed by atoms with Gasteiger partial charge in [-0.1, -0.05) is 47.6 Å². The maximum absolute atomic E-state index is 11.5. The summed E-state index contributed by atoms with van der Waals surface area (Å²) in [5, 5.41) is 20.7. The molecular weight excluding hydrogens is 487 g/mol. The predicted molar refractivity (Wildman–Crippen MR) is 130 cm³/mol. The van der Waals surface area contributed by atoms with Gasteiger partial charge in [0, 0.05) is 15.6 Å². The van der Waals surface area contributed by atoms with E-state index < -0.39 is 5.25 Å². The molecule has 0 N–H and O–H groups in total. The van der Waals surface area contributed by atoms with Crippen LogP contribution in [0.3, 0.4) is 0 Å². The fourth-order valence-corrected chi connectivity index (χ4v) is 4.65. The third-order valence-electron chi connectivity index (χ3n) is 4.49. The molecule has 11 heteroatoms. The first-order chi connectivity index (χ1) is 15.8. The van der Waals surface area contributed by atoms with Crippen molar-refractivity contribution in [1.82, 2.24) is 14.8 Å². The van der Waals surface area contributed by atoms with Gasteiger partial charge in [0.1, 0.15) is 17.7 Å². The normalized spacial score (nSPS) is 11.8. The Kier molecular flexibility index (Phi) is 8.60. The molecule has 8 nitrogen and oxygen atoms in total. The summed E-state index contributed by atoms with van der Waals surface area (Å²) in [6, 6.07) is 10.6. The van der Waals surface area contributed by atoms with Gasteiger partial charge in [0.25, 0.3) is 0 Å². The first-order valence-corrected chi connectivity index (χ1v) is 11.6. The van der Waals surface area contributed by atoms with Gasteiger partial charge in [-0.05, 0) is 55.8 Å². The van der Waals surface area contributed by atoms with Crippen molar-refractivity contribution in [2.45, 2.75) is 24.3 Å². The maximum atomic E-state index is 11.5. The van der Waals surface area contributed by atoms with E-state index in [-0.39, 0.29) is 18.1 Å². The van der Waals surface area contributed by atoms with E-state index >= 15 is 0 Å². The van der Waals surface area contributed by atoms with E-state index in [2.05, 4.69) is 16.8 Å². The van der Waals surface area contributed by atoms with Crippen LogP contribution in [-0.2, 0) is 0 Å². The molecule has 0 amide bonds. The van der Waals surface area contributed by atoms with E-state index in [4.69, 9.17) is 32.7 Å². The zero-order chi connectivity index (χ0) is 24.0. The van der Waals surface area contributed by atoms with Crippen molar-refractivity contribution in [2.24, 2.45) is 0 Å². The van der Waals surface area contributed by atoms with Gasteiger partial charge >= 0.3 is 0 Å². The van der Waals surface area contributed by atoms with Crippen molar-refractivity contribution in [3.63, 3.8) is 0 Å². The standard InChI is InChI=1S/C22H22Cl2N4O4S/c1-4-10-32-21-18(24)11-15(12-19(21)31-5-2)20(13-27(29)30)33-22-26-25-14(3)28(22)17-8-6-16(23)7-9-17/h4,6-9,11-12,20H,1,5,10,13H2,2-3H3/t20-/m0/s1. The van der Waals surface area contributed by atoms with Gasteiger partial charge < -0.3 is 9.47 Å². The Morgan fingerprint density at radius 2 is 1.97 bits per heavy atom. The number of thioether (sulfide) groups is 1. The molecule has 0 bridgehead atoms. The average Bonchev–Trinajstić information content (AvgIpc) is 3.13. The molecule has 174 valence electrons. The smallest absolute Gasteiger partial charge is 0.220 e. The first-order valence-electron chi connectivity index (χ1n) is 10.00. The number of ether oxygens (including phenoxy) is 2. The molecule has 0 saturated carbocycles. The second kappa shape index (κ2) is 11.4. The fraction of sp³-hybridized carbons (Fsp3) is 0.273. The topological polar surface area (TPSA) is 92.3 Å². The van der Waals surface area contributed by atoms with Gasteiger partial charge in [-0.3, -0.25) is 14.7 Å². The summed E-state index contributed by atoms with van der Waals surface area (Å²) in [7, 11) is 0. The number of hydrogen-bond acceptors (Lipinski definition) is 7. The minimum Gasteiger partial charge on any atom is -0.490 e. The lowest BCUT2D eigenvalue weighted by Gasteiger charge is -2.18. The molecule has 3 rings (SSSR count). The van der Waals surface area contributed by atoms with Crippen LogP contribution in [0.25, 0.3) is 5.69 Å². The van der Waals surface area contributed by atoms with Gasteiger partial charge in [-0.25, -0.2) is 0 Å². The Hall–Kier alpha value is -2.75. The Balaban J connectivity index is 2.02. The third-order valence-corrected chi connectivity index (χ3v) is 6.21. The van der Waals surface area contributed by atoms with Gasteiger partial charge in [-0.2, -0.15) is 0 Å². The van der Waals surface area contributed by atoms with Gasteiger partial charge in [0.15, 0.2) is 16.7 Å². The lowest BCUT2D eigenvalue weighted by atomic mass is 10.1. The van der Waals surface area contributed by atoms with Crippen LogP contribution >= 0.6 is 35.0 Å². The molecule has 0 aliphatic heterocycles. The highest BCUT2D eigenvalue weighted by Gasteiger charge is 2.26. The van der Waals surface area contributed by atoms with Crippen LogP contribution in [0, 0.1) is 17.0 Å². The largest absolute Gasteiger partial charge is 0.490 e. The Labute approximate surface area is 205 Å². The summed E-state index contributed by atoms with van der Waals surface area (Å²) in [5.74, 6) is 1.42. The Bertz CT molecular complexity index is 1140. The number of rotatable bonds is 11. The summed E-state index contributed by atoms with van der Waals surface area (Å²) in [4.78, 5) is 11.1. The molecule has 3 aromatic rings. The SMILES string of the molecule is C=CCOc1c(Cl)cc([C@H](C[N+](=O)[O-])Sc2nnc(C)n2-c2ccc(Cl)cc2)cc1OCC. The van der Waals surface area contributed by atoms with E-state index in [1.807, 2.05) is 30.5 Å². The van der Waals surface area contributed by atoms with Crippen molar-refractivity contribution in [1.29, 1.82) is 0 Å². The van der Waals surface area contributed by atoms with Gasteiger partial charge in [0.05, 0.1) is 11.6 Å². The van der Waals surface area contributed by atoms with Crippen LogP contribution in [0.15, 0.2) is 54.2 Å². The zero-order valence-electron chi connectivity index (χ0n) is 18.0. The van der Waals surface area contributed by atoms with E-state index in [0.717, 1.165) is 5.69 Å². The summed E-state index contributed by atoms with van der Waals surface area (Å²) >= 11 is 13.7. The Morgan fingerprint density at radius 1 is 1.24 bits per heavy atom. The molecule has 0 fully saturated rings. The fourth-order valence-electron chi connectivity index (χ4n) is 3.10. The summed E-state index contributed by atoms with van der Waals surface area (Å²) < 4.78 is 13.2. The van der Waals surface area contributed by atoms with Crippen molar-refractivity contribution in [3.8, 4) is 17.2 Å². The van der Waals surface area contributed by atoms with Crippen molar-refractivity contribution in [2.75, 3.05) is 19.8 Å². The van der Waals surface area contributed by atoms with Crippen LogP contribution in [0.5, 0.6) is 11.5 Å². The summed E-state index contributed by atoms with van der Waals surface area (Å²) in [6.45, 7) is 7.54. The lowest BCUT2D eigenvalue weighted by Crippen LogP contribution is -2.12. The molecule has 2 aromatic carbocycles. The minimum atomic E-state index is -0.611. The highest BCUT2D eigenvalue weighted by molar-refractivity contribution is 7.99. The molecule has 0 radical (unpaired) electrons. The van der Waals surface area contributed by atoms with Crippen molar-refractivity contribution in [3.05, 3.63) is 80.6 Å². The number of halogens is 2. The monoisotopic (exact) mass is 508 g/mol. The molecule has 0 aliphatic carbocycles. The molecule has 0 aliphatic rings. The Morgan fingerprint density at radius 3 is 2.61 bits per heavy atom. The predicted octanol–water partition coefficient (Wildman–Crippen LogP) is 5.96. The molecule has 1 heterocycles. The van der Waals surface area contributed by atoms with Crippen LogP contribution in [0.4, 0.5) is 0 Å². The average molecular weight is 509 g/mol. The molecule has 1 atom stereocenters. The van der Waals surface area contributed by atoms with E-state index in [9.17, 15) is 10.1 Å². The van der Waals surface area contributed by atoms with Crippen LogP contribution < -0.4 is 9.47 Å². The number of aromatic nitrogens is 3. The van der Waals surface area contributed by atoms with Crippen LogP contribution in [-0.4, -0.2) is 39.4 Å². The number of nitrogens with zero attached hydrogens (tertiary/aromatic N) is 4. The number of benzene rings is 2. The molecular formula is C22H22Cl2N4O4S. The maximum Gasteiger partial charge on any atom is 0.220 e. The van der Waals surface area contributed by atoms with E-state index in [1.165, 1.54) is 11.8 Å². The zero-order valence-corrected chi connectivity index (χ0v) is 20.4. The van der Waals surface area contributed by atoms with Gasteiger partial charge in [-0.15, -0.1) is 10.2 Å².